The number of nitrogens with one attached hydrogen (secondary N) is 1. The van der Waals surface area contributed by atoms with Gasteiger partial charge < -0.3 is 19.5 Å². The molecule has 1 unspecified atom stereocenters. The molecule has 1 aromatic heterocycles. The molecule has 0 spiro atoms. The molecule has 6 nitrogen and oxygen atoms in total. The summed E-state index contributed by atoms with van der Waals surface area (Å²) in [6.07, 6.45) is 1.60. The van der Waals surface area contributed by atoms with Crippen molar-refractivity contribution >= 4 is 5.91 Å². The van der Waals surface area contributed by atoms with E-state index < -0.39 is 6.10 Å². The summed E-state index contributed by atoms with van der Waals surface area (Å²) < 4.78 is 16.7. The molecule has 0 fully saturated rings. The number of ether oxygens (including phenoxy) is 3. The van der Waals surface area contributed by atoms with Crippen molar-refractivity contribution in [3.63, 3.8) is 0 Å². The van der Waals surface area contributed by atoms with E-state index in [0.29, 0.717) is 18.8 Å². The summed E-state index contributed by atoms with van der Waals surface area (Å²) in [4.78, 5) is 16.9. The number of carbonyl (C=O) groups is 1. The van der Waals surface area contributed by atoms with E-state index in [1.165, 1.54) is 0 Å². The Kier molecular flexibility index (Phi) is 4.09. The first-order valence-corrected chi connectivity index (χ1v) is 9.14. The van der Waals surface area contributed by atoms with Crippen LogP contribution in [0.3, 0.4) is 0 Å². The van der Waals surface area contributed by atoms with Crippen molar-refractivity contribution < 1.29 is 19.0 Å². The minimum absolute atomic E-state index is 0.140. The Morgan fingerprint density at radius 2 is 1.93 bits per heavy atom. The fourth-order valence-electron chi connectivity index (χ4n) is 3.51. The largest absolute Gasteiger partial charge is 0.464 e. The highest BCUT2D eigenvalue weighted by Crippen LogP contribution is 2.40. The van der Waals surface area contributed by atoms with Gasteiger partial charge in [-0.3, -0.25) is 4.79 Å². The molecule has 2 aliphatic rings. The number of pyridine rings is 1. The number of carbonyl (C=O) groups excluding carboxylic acids is 1. The highest BCUT2D eigenvalue weighted by molar-refractivity contribution is 5.83. The summed E-state index contributed by atoms with van der Waals surface area (Å²) in [7, 11) is 0. The minimum atomic E-state index is -0.582. The van der Waals surface area contributed by atoms with Gasteiger partial charge in [-0.15, -0.1) is 0 Å². The third kappa shape index (κ3) is 3.03. The first-order chi connectivity index (χ1) is 13.8. The van der Waals surface area contributed by atoms with Crippen molar-refractivity contribution in [2.24, 2.45) is 0 Å². The van der Waals surface area contributed by atoms with Gasteiger partial charge in [0.2, 0.25) is 12.7 Å². The lowest BCUT2D eigenvalue weighted by molar-refractivity contribution is -0.127. The van der Waals surface area contributed by atoms with Crippen LogP contribution in [-0.4, -0.2) is 23.8 Å². The molecule has 6 heteroatoms. The predicted octanol–water partition coefficient (Wildman–Crippen LogP) is 3.10. The molecule has 0 bridgehead atoms. The van der Waals surface area contributed by atoms with Gasteiger partial charge in [0.1, 0.15) is 0 Å². The molecular formula is C22H18N2O4. The van der Waals surface area contributed by atoms with Gasteiger partial charge in [0.15, 0.2) is 17.6 Å². The number of nitrogens with zero attached hydrogens (tertiary/aromatic N) is 1. The predicted molar refractivity (Wildman–Crippen MR) is 102 cm³/mol. The maximum Gasteiger partial charge on any atom is 0.261 e. The van der Waals surface area contributed by atoms with Gasteiger partial charge in [0.05, 0.1) is 0 Å². The molecule has 2 aliphatic heterocycles. The van der Waals surface area contributed by atoms with E-state index >= 15 is 0 Å². The molecule has 3 heterocycles. The van der Waals surface area contributed by atoms with Crippen molar-refractivity contribution in [2.45, 2.75) is 19.1 Å². The van der Waals surface area contributed by atoms with E-state index in [1.54, 1.807) is 6.20 Å². The van der Waals surface area contributed by atoms with Crippen LogP contribution in [0.2, 0.25) is 0 Å². The van der Waals surface area contributed by atoms with Crippen molar-refractivity contribution in [3.8, 4) is 28.5 Å². The Hall–Kier alpha value is -3.54. The van der Waals surface area contributed by atoms with Crippen LogP contribution < -0.4 is 19.5 Å². The lowest BCUT2D eigenvalue weighted by Gasteiger charge is -2.10. The Bertz CT molecular complexity index is 1040. The second-order valence-corrected chi connectivity index (χ2v) is 6.72. The number of amides is 1. The minimum Gasteiger partial charge on any atom is -0.464 e. The number of aromatic nitrogens is 1. The second-order valence-electron chi connectivity index (χ2n) is 6.72. The maximum atomic E-state index is 12.6. The van der Waals surface area contributed by atoms with Gasteiger partial charge in [0.25, 0.3) is 5.91 Å². The molecule has 0 saturated carbocycles. The van der Waals surface area contributed by atoms with Crippen LogP contribution in [0.15, 0.2) is 60.8 Å². The van der Waals surface area contributed by atoms with Gasteiger partial charge in [-0.2, -0.15) is 0 Å². The average molecular weight is 374 g/mol. The van der Waals surface area contributed by atoms with Crippen LogP contribution >= 0.6 is 0 Å². The van der Waals surface area contributed by atoms with Gasteiger partial charge in [-0.25, -0.2) is 4.98 Å². The van der Waals surface area contributed by atoms with Gasteiger partial charge in [-0.1, -0.05) is 36.4 Å². The molecule has 5 rings (SSSR count). The fraction of sp³-hybridized carbons (Fsp3) is 0.182. The van der Waals surface area contributed by atoms with Crippen LogP contribution in [0.25, 0.3) is 11.1 Å². The molecule has 0 saturated heterocycles. The smallest absolute Gasteiger partial charge is 0.261 e. The lowest BCUT2D eigenvalue weighted by atomic mass is 9.98. The summed E-state index contributed by atoms with van der Waals surface area (Å²) in [5.74, 6) is 1.83. The summed E-state index contributed by atoms with van der Waals surface area (Å²) in [5, 5.41) is 2.94. The van der Waals surface area contributed by atoms with E-state index in [4.69, 9.17) is 14.2 Å². The van der Waals surface area contributed by atoms with E-state index in [-0.39, 0.29) is 12.7 Å². The molecule has 140 valence electrons. The molecule has 3 aromatic rings. The summed E-state index contributed by atoms with van der Waals surface area (Å²) in [6, 6.07) is 17.6. The summed E-state index contributed by atoms with van der Waals surface area (Å²) in [5.41, 5.74) is 3.95. The molecule has 28 heavy (non-hydrogen) atoms. The maximum absolute atomic E-state index is 12.6. The third-order valence-electron chi connectivity index (χ3n) is 4.95. The molecule has 1 atom stereocenters. The number of fused-ring (bicyclic) bond motifs is 2. The topological polar surface area (TPSA) is 69.7 Å². The van der Waals surface area contributed by atoms with Crippen molar-refractivity contribution in [2.75, 3.05) is 6.79 Å². The van der Waals surface area contributed by atoms with Crippen LogP contribution in [0.4, 0.5) is 0 Å². The highest BCUT2D eigenvalue weighted by Gasteiger charge is 2.32. The van der Waals surface area contributed by atoms with E-state index in [2.05, 4.69) is 10.3 Å². The Morgan fingerprint density at radius 1 is 1.07 bits per heavy atom. The number of hydrogen-bond donors (Lipinski definition) is 1. The molecular weight excluding hydrogens is 356 g/mol. The molecule has 0 aliphatic carbocycles. The molecule has 1 amide bonds. The second kappa shape index (κ2) is 6.88. The SMILES string of the molecule is O=C(NCc1ccccc1)C1Cc2c(-c3ccc4c(c3)OCO4)ccnc2O1. The summed E-state index contributed by atoms with van der Waals surface area (Å²) >= 11 is 0. The summed E-state index contributed by atoms with van der Waals surface area (Å²) in [6.45, 7) is 0.707. The van der Waals surface area contributed by atoms with Gasteiger partial charge in [0, 0.05) is 24.7 Å². The van der Waals surface area contributed by atoms with E-state index in [0.717, 1.165) is 33.8 Å². The Labute approximate surface area is 162 Å². The van der Waals surface area contributed by atoms with Crippen molar-refractivity contribution in [1.82, 2.24) is 10.3 Å². The molecule has 2 aromatic carbocycles. The lowest BCUT2D eigenvalue weighted by Crippen LogP contribution is -2.37. The number of hydrogen-bond acceptors (Lipinski definition) is 5. The number of benzene rings is 2. The third-order valence-corrected chi connectivity index (χ3v) is 4.95. The molecule has 1 N–H and O–H groups in total. The average Bonchev–Trinajstić information content (AvgIpc) is 3.38. The number of rotatable bonds is 4. The van der Waals surface area contributed by atoms with Crippen molar-refractivity contribution in [3.05, 3.63) is 71.9 Å². The monoisotopic (exact) mass is 374 g/mol. The van der Waals surface area contributed by atoms with Gasteiger partial charge >= 0.3 is 0 Å². The zero-order valence-electron chi connectivity index (χ0n) is 15.1. The zero-order chi connectivity index (χ0) is 18.9. The first-order valence-electron chi connectivity index (χ1n) is 9.14. The Morgan fingerprint density at radius 3 is 2.82 bits per heavy atom. The zero-order valence-corrected chi connectivity index (χ0v) is 15.1. The standard InChI is InChI=1S/C22H18N2O4/c25-21(24-12-14-4-2-1-3-5-14)20-11-17-16(8-9-23-22(17)28-20)15-6-7-18-19(10-15)27-13-26-18/h1-10,20H,11-13H2,(H,24,25). The quantitative estimate of drug-likeness (QED) is 0.760. The Balaban J connectivity index is 1.34. The van der Waals surface area contributed by atoms with Crippen molar-refractivity contribution in [1.29, 1.82) is 0 Å². The highest BCUT2D eigenvalue weighted by atomic mass is 16.7. The van der Waals surface area contributed by atoms with Crippen LogP contribution in [-0.2, 0) is 17.8 Å². The first kappa shape index (κ1) is 16.6. The van der Waals surface area contributed by atoms with Crippen LogP contribution in [0.1, 0.15) is 11.1 Å². The van der Waals surface area contributed by atoms with Crippen LogP contribution in [0, 0.1) is 0 Å². The fourth-order valence-corrected chi connectivity index (χ4v) is 3.51. The van der Waals surface area contributed by atoms with E-state index in [1.807, 2.05) is 54.6 Å². The molecule has 0 radical (unpaired) electrons. The van der Waals surface area contributed by atoms with Crippen LogP contribution in [0.5, 0.6) is 17.4 Å². The normalized spacial score (nSPS) is 16.4. The van der Waals surface area contributed by atoms with Gasteiger partial charge in [-0.05, 0) is 34.9 Å². The van der Waals surface area contributed by atoms with E-state index in [9.17, 15) is 4.79 Å².